The van der Waals surface area contributed by atoms with Crippen LogP contribution in [0.5, 0.6) is 0 Å². The molecule has 0 unspecified atom stereocenters. The molecule has 0 aromatic heterocycles. The van der Waals surface area contributed by atoms with Crippen LogP contribution in [0.15, 0.2) is 24.3 Å². The van der Waals surface area contributed by atoms with Crippen molar-refractivity contribution in [1.82, 2.24) is 0 Å². The number of carbonyl (C=O) groups is 1. The van der Waals surface area contributed by atoms with Gasteiger partial charge in [-0.25, -0.2) is 4.21 Å². The molecule has 0 bridgehead atoms. The average Bonchev–Trinajstić information content (AvgIpc) is 2.03. The highest BCUT2D eigenvalue weighted by Gasteiger charge is 1.98. The topological polar surface area (TPSA) is 60.2 Å². The molecule has 78 valence electrons. The van der Waals surface area contributed by atoms with Gasteiger partial charge in [-0.2, -0.15) is 0 Å². The molecule has 0 saturated carbocycles. The van der Waals surface area contributed by atoms with E-state index in [-0.39, 0.29) is 0 Å². The van der Waals surface area contributed by atoms with Gasteiger partial charge in [0.1, 0.15) is 0 Å². The number of hydrogen-bond acceptors (Lipinski definition) is 3. The molecule has 1 rings (SSSR count). The number of benzene rings is 1. The summed E-state index contributed by atoms with van der Waals surface area (Å²) < 4.78 is 9.09. The second kappa shape index (κ2) is 7.06. The number of hydrogen-bond donors (Lipinski definition) is 1. The number of nitrogen functional groups attached to an aromatic ring is 1. The first kappa shape index (κ1) is 13.7. The Bertz CT molecular complexity index is 324. The van der Waals surface area contributed by atoms with Gasteiger partial charge in [-0.3, -0.25) is 4.79 Å². The minimum absolute atomic E-state index is 0.458. The van der Waals surface area contributed by atoms with Gasteiger partial charge in [0.05, 0.1) is 0 Å². The Hall–Kier alpha value is -0.290. The lowest BCUT2D eigenvalue weighted by atomic mass is 10.2. The quantitative estimate of drug-likeness (QED) is 0.633. The first-order valence-corrected chi connectivity index (χ1v) is 6.41. The van der Waals surface area contributed by atoms with Crippen molar-refractivity contribution in [3.8, 4) is 0 Å². The van der Waals surface area contributed by atoms with E-state index in [4.69, 9.17) is 21.5 Å². The highest BCUT2D eigenvalue weighted by molar-refractivity contribution is 8.26. The van der Waals surface area contributed by atoms with Gasteiger partial charge in [0.25, 0.3) is 5.24 Å². The number of anilines is 1. The molecule has 0 spiro atoms. The van der Waals surface area contributed by atoms with Crippen molar-refractivity contribution in [3.05, 3.63) is 29.8 Å². The Balaban J connectivity index is 0.000000364. The molecule has 0 saturated heterocycles. The monoisotopic (exact) mass is 273 g/mol. The van der Waals surface area contributed by atoms with Gasteiger partial charge in [-0.05, 0) is 35.9 Å². The van der Waals surface area contributed by atoms with Gasteiger partial charge in [0, 0.05) is 32.6 Å². The third-order valence-corrected chi connectivity index (χ3v) is 1.36. The molecule has 0 radical (unpaired) electrons. The molecule has 0 atom stereocenters. The molecule has 0 heterocycles. The van der Waals surface area contributed by atoms with Crippen LogP contribution in [-0.4, -0.2) is 9.45 Å². The molecular weight excluding hydrogens is 269 g/mol. The molecule has 3 nitrogen and oxygen atoms in total. The van der Waals surface area contributed by atoms with Gasteiger partial charge < -0.3 is 5.73 Å². The third kappa shape index (κ3) is 7.15. The van der Waals surface area contributed by atoms with Crippen molar-refractivity contribution < 1.29 is 9.00 Å². The van der Waals surface area contributed by atoms with Crippen molar-refractivity contribution in [2.75, 3.05) is 5.73 Å². The van der Waals surface area contributed by atoms with E-state index in [0.29, 0.717) is 11.3 Å². The van der Waals surface area contributed by atoms with Crippen LogP contribution >= 0.6 is 33.0 Å². The molecule has 0 aliphatic heterocycles. The van der Waals surface area contributed by atoms with E-state index in [1.54, 1.807) is 24.3 Å². The van der Waals surface area contributed by atoms with Crippen LogP contribution in [0.25, 0.3) is 0 Å². The number of nitrogens with two attached hydrogens (primary N) is 1. The lowest BCUT2D eigenvalue weighted by molar-refractivity contribution is 0.108. The number of rotatable bonds is 1. The molecule has 1 aromatic carbocycles. The van der Waals surface area contributed by atoms with Gasteiger partial charge in [0.2, 0.25) is 9.23 Å². The molecule has 0 aliphatic rings. The van der Waals surface area contributed by atoms with Gasteiger partial charge >= 0.3 is 0 Å². The summed E-state index contributed by atoms with van der Waals surface area (Å²) in [4.78, 5) is 10.5. The molecule has 14 heavy (non-hydrogen) atoms. The maximum Gasteiger partial charge on any atom is 0.252 e. The van der Waals surface area contributed by atoms with Crippen LogP contribution < -0.4 is 5.73 Å². The van der Waals surface area contributed by atoms with Crippen LogP contribution in [0, 0.1) is 0 Å². The van der Waals surface area contributed by atoms with E-state index in [0.717, 1.165) is 0 Å². The summed E-state index contributed by atoms with van der Waals surface area (Å²) >= 11 is 5.18. The maximum atomic E-state index is 10.5. The van der Waals surface area contributed by atoms with Crippen LogP contribution in [-0.2, 0) is 9.23 Å². The Labute approximate surface area is 97.6 Å². The van der Waals surface area contributed by atoms with E-state index in [9.17, 15) is 4.79 Å². The molecule has 2 N–H and O–H groups in total. The van der Waals surface area contributed by atoms with Gasteiger partial charge in [-0.15, -0.1) is 0 Å². The lowest BCUT2D eigenvalue weighted by Crippen LogP contribution is -1.89. The van der Waals surface area contributed by atoms with E-state index < -0.39 is 14.5 Å². The first-order valence-electron chi connectivity index (χ1n) is 3.23. The van der Waals surface area contributed by atoms with Crippen LogP contribution in [0.3, 0.4) is 0 Å². The summed E-state index contributed by atoms with van der Waals surface area (Å²) in [7, 11) is 7.36. The fraction of sp³-hybridized carbons (Fsp3) is 0. The third-order valence-electron chi connectivity index (χ3n) is 1.14. The predicted molar refractivity (Wildman–Crippen MR) is 60.9 cm³/mol. The molecule has 0 aliphatic carbocycles. The Morgan fingerprint density at radius 1 is 1.21 bits per heavy atom. The van der Waals surface area contributed by atoms with Gasteiger partial charge in [0.15, 0.2) is 0 Å². The number of carbonyl (C=O) groups excluding carboxylic acids is 1. The summed E-state index contributed by atoms with van der Waals surface area (Å²) in [5.74, 6) is 0. The maximum absolute atomic E-state index is 10.5. The van der Waals surface area contributed by atoms with Crippen LogP contribution in [0.1, 0.15) is 10.4 Å². The fourth-order valence-corrected chi connectivity index (χ4v) is 0.740. The summed E-state index contributed by atoms with van der Waals surface area (Å²) in [6.45, 7) is 0. The van der Waals surface area contributed by atoms with Crippen molar-refractivity contribution in [2.24, 2.45) is 0 Å². The molecule has 0 amide bonds. The summed E-state index contributed by atoms with van der Waals surface area (Å²) in [6, 6.07) is 6.44. The van der Waals surface area contributed by atoms with Crippen LogP contribution in [0.4, 0.5) is 5.69 Å². The zero-order valence-corrected chi connectivity index (χ0v) is 9.83. The van der Waals surface area contributed by atoms with Crippen LogP contribution in [0.2, 0.25) is 0 Å². The van der Waals surface area contributed by atoms with Crippen molar-refractivity contribution >= 4 is 53.1 Å². The second-order valence-electron chi connectivity index (χ2n) is 2.08. The molecule has 1 aromatic rings. The summed E-state index contributed by atoms with van der Waals surface area (Å²) in [6.07, 6.45) is 0. The number of halogens is 3. The van der Waals surface area contributed by atoms with E-state index in [1.165, 1.54) is 0 Å². The Morgan fingerprint density at radius 3 is 1.86 bits per heavy atom. The molecular formula is C7H6Cl3NO2S. The van der Waals surface area contributed by atoms with Crippen molar-refractivity contribution in [1.29, 1.82) is 0 Å². The van der Waals surface area contributed by atoms with Gasteiger partial charge in [-0.1, -0.05) is 0 Å². The van der Waals surface area contributed by atoms with E-state index in [2.05, 4.69) is 21.4 Å². The SMILES string of the molecule is Nc1ccc(C(=O)Cl)cc1.O=S(Cl)Cl. The predicted octanol–water partition coefficient (Wildman–Crippen LogP) is 2.69. The average molecular weight is 275 g/mol. The van der Waals surface area contributed by atoms with E-state index >= 15 is 0 Å². The minimum atomic E-state index is -1.67. The first-order chi connectivity index (χ1) is 6.43. The Morgan fingerprint density at radius 2 is 1.57 bits per heavy atom. The highest BCUT2D eigenvalue weighted by Crippen LogP contribution is 2.07. The highest BCUT2D eigenvalue weighted by atomic mass is 36.0. The fourth-order valence-electron chi connectivity index (χ4n) is 0.614. The smallest absolute Gasteiger partial charge is 0.252 e. The molecule has 0 fully saturated rings. The lowest BCUT2D eigenvalue weighted by Gasteiger charge is -1.92. The molecule has 7 heteroatoms. The van der Waals surface area contributed by atoms with E-state index in [1.807, 2.05) is 0 Å². The van der Waals surface area contributed by atoms with Crippen molar-refractivity contribution in [3.63, 3.8) is 0 Å². The normalized spacial score (nSPS) is 9.14. The zero-order chi connectivity index (χ0) is 11.1. The zero-order valence-electron chi connectivity index (χ0n) is 6.75. The van der Waals surface area contributed by atoms with Crippen molar-refractivity contribution in [2.45, 2.75) is 0 Å². The summed E-state index contributed by atoms with van der Waals surface area (Å²) in [5.41, 5.74) is 6.47. The minimum Gasteiger partial charge on any atom is -0.399 e. The summed E-state index contributed by atoms with van der Waals surface area (Å²) in [5, 5.41) is -0.458. The second-order valence-corrected chi connectivity index (χ2v) is 4.95. The largest absolute Gasteiger partial charge is 0.399 e. The standard InChI is InChI=1S/C7H6ClNO.Cl2OS/c8-7(10)5-1-3-6(9)4-2-5;1-4(2)3/h1-4H,9H2;. The Kier molecular flexibility index (Phi) is 6.92.